The van der Waals surface area contributed by atoms with Crippen LogP contribution < -0.4 is 11.1 Å². The third-order valence-electron chi connectivity index (χ3n) is 2.63. The molecule has 5 heteroatoms. The number of aryl methyl sites for hydroxylation is 1. The van der Waals surface area contributed by atoms with E-state index in [4.69, 9.17) is 5.73 Å². The van der Waals surface area contributed by atoms with E-state index in [9.17, 15) is 4.79 Å². The number of amides is 1. The fraction of sp³-hybridized carbons (Fsp3) is 0.667. The van der Waals surface area contributed by atoms with Crippen molar-refractivity contribution in [3.05, 3.63) is 18.5 Å². The van der Waals surface area contributed by atoms with E-state index < -0.39 is 0 Å². The van der Waals surface area contributed by atoms with Gasteiger partial charge in [0.25, 0.3) is 0 Å². The van der Waals surface area contributed by atoms with Crippen LogP contribution in [-0.4, -0.2) is 28.3 Å². The summed E-state index contributed by atoms with van der Waals surface area (Å²) in [6.07, 6.45) is 7.37. The van der Waals surface area contributed by atoms with Crippen molar-refractivity contribution in [1.82, 2.24) is 15.1 Å². The van der Waals surface area contributed by atoms with Crippen molar-refractivity contribution >= 4 is 5.91 Å². The Hall–Kier alpha value is -1.36. The first-order valence-electron chi connectivity index (χ1n) is 6.24. The molecule has 5 nitrogen and oxygen atoms in total. The predicted octanol–water partition coefficient (Wildman–Crippen LogP) is 0.907. The number of hydrogen-bond donors (Lipinski definition) is 2. The van der Waals surface area contributed by atoms with Crippen LogP contribution in [0.5, 0.6) is 0 Å². The van der Waals surface area contributed by atoms with Gasteiger partial charge in [0.05, 0.1) is 6.04 Å². The molecule has 0 aromatic carbocycles. The van der Waals surface area contributed by atoms with Gasteiger partial charge in [-0.1, -0.05) is 19.8 Å². The second kappa shape index (κ2) is 7.84. The lowest BCUT2D eigenvalue weighted by atomic mass is 10.1. The lowest BCUT2D eigenvalue weighted by Gasteiger charge is -2.11. The Labute approximate surface area is 102 Å². The number of unbranched alkanes of at least 4 members (excludes halogenated alkanes) is 1. The molecular formula is C12H22N4O. The maximum Gasteiger partial charge on any atom is 0.236 e. The number of rotatable bonds is 8. The van der Waals surface area contributed by atoms with Crippen LogP contribution in [0, 0.1) is 0 Å². The maximum absolute atomic E-state index is 11.6. The van der Waals surface area contributed by atoms with E-state index in [1.807, 2.05) is 16.9 Å². The highest BCUT2D eigenvalue weighted by atomic mass is 16.2. The molecule has 96 valence electrons. The molecule has 1 aromatic heterocycles. The molecular weight excluding hydrogens is 216 g/mol. The molecule has 0 aliphatic carbocycles. The molecule has 0 aliphatic rings. The normalized spacial score (nSPS) is 12.4. The average molecular weight is 238 g/mol. The number of carbonyl (C=O) groups excluding carboxylic acids is 1. The summed E-state index contributed by atoms with van der Waals surface area (Å²) in [7, 11) is 0. The SMILES string of the molecule is CCCC[C@H](N)C(=O)NCCCn1cccn1. The molecule has 0 bridgehead atoms. The molecule has 0 unspecified atom stereocenters. The summed E-state index contributed by atoms with van der Waals surface area (Å²) in [6, 6.07) is 1.53. The van der Waals surface area contributed by atoms with Crippen molar-refractivity contribution in [3.8, 4) is 0 Å². The maximum atomic E-state index is 11.6. The van der Waals surface area contributed by atoms with Gasteiger partial charge in [-0.15, -0.1) is 0 Å². The van der Waals surface area contributed by atoms with Gasteiger partial charge in [-0.3, -0.25) is 9.48 Å². The van der Waals surface area contributed by atoms with Gasteiger partial charge in [0.1, 0.15) is 0 Å². The number of nitrogens with zero attached hydrogens (tertiary/aromatic N) is 2. The van der Waals surface area contributed by atoms with E-state index in [-0.39, 0.29) is 11.9 Å². The largest absolute Gasteiger partial charge is 0.355 e. The van der Waals surface area contributed by atoms with Crippen molar-refractivity contribution in [2.75, 3.05) is 6.54 Å². The Balaban J connectivity index is 2.07. The number of nitrogens with two attached hydrogens (primary N) is 1. The Morgan fingerprint density at radius 3 is 3.00 bits per heavy atom. The smallest absolute Gasteiger partial charge is 0.236 e. The number of carbonyl (C=O) groups is 1. The first-order chi connectivity index (χ1) is 8.24. The van der Waals surface area contributed by atoms with Crippen molar-refractivity contribution < 1.29 is 4.79 Å². The molecule has 1 atom stereocenters. The minimum absolute atomic E-state index is 0.0427. The highest BCUT2D eigenvalue weighted by Gasteiger charge is 2.11. The van der Waals surface area contributed by atoms with E-state index in [1.165, 1.54) is 0 Å². The van der Waals surface area contributed by atoms with Crippen LogP contribution in [0.3, 0.4) is 0 Å². The van der Waals surface area contributed by atoms with E-state index in [0.29, 0.717) is 6.54 Å². The van der Waals surface area contributed by atoms with Crippen LogP contribution in [0.2, 0.25) is 0 Å². The van der Waals surface area contributed by atoms with E-state index in [2.05, 4.69) is 17.3 Å². The zero-order chi connectivity index (χ0) is 12.5. The molecule has 17 heavy (non-hydrogen) atoms. The fourth-order valence-electron chi connectivity index (χ4n) is 1.57. The summed E-state index contributed by atoms with van der Waals surface area (Å²) in [5.41, 5.74) is 5.75. The van der Waals surface area contributed by atoms with Gasteiger partial charge in [-0.2, -0.15) is 5.10 Å². The zero-order valence-electron chi connectivity index (χ0n) is 10.4. The molecule has 0 fully saturated rings. The van der Waals surface area contributed by atoms with Gasteiger partial charge >= 0.3 is 0 Å². The molecule has 0 saturated carbocycles. The van der Waals surface area contributed by atoms with Crippen LogP contribution in [0.15, 0.2) is 18.5 Å². The number of aromatic nitrogens is 2. The molecule has 3 N–H and O–H groups in total. The van der Waals surface area contributed by atoms with Crippen molar-refractivity contribution in [2.45, 2.75) is 45.2 Å². The molecule has 1 rings (SSSR count). The zero-order valence-corrected chi connectivity index (χ0v) is 10.4. The Kier molecular flexibility index (Phi) is 6.32. The standard InChI is InChI=1S/C12H22N4O/c1-2-3-6-11(13)12(17)14-7-4-9-16-10-5-8-15-16/h5,8,10-11H,2-4,6-7,9,13H2,1H3,(H,14,17)/t11-/m0/s1. The molecule has 1 aromatic rings. The van der Waals surface area contributed by atoms with Gasteiger partial charge in [-0.25, -0.2) is 0 Å². The van der Waals surface area contributed by atoms with Gasteiger partial charge in [-0.05, 0) is 18.9 Å². The predicted molar refractivity (Wildman–Crippen MR) is 67.4 cm³/mol. The van der Waals surface area contributed by atoms with Crippen molar-refractivity contribution in [2.24, 2.45) is 5.73 Å². The Morgan fingerprint density at radius 2 is 2.35 bits per heavy atom. The van der Waals surface area contributed by atoms with Crippen molar-refractivity contribution in [1.29, 1.82) is 0 Å². The first kappa shape index (κ1) is 13.7. The summed E-state index contributed by atoms with van der Waals surface area (Å²) < 4.78 is 1.85. The van der Waals surface area contributed by atoms with E-state index in [0.717, 1.165) is 32.2 Å². The van der Waals surface area contributed by atoms with Crippen LogP contribution in [0.25, 0.3) is 0 Å². The number of hydrogen-bond acceptors (Lipinski definition) is 3. The number of nitrogens with one attached hydrogen (secondary N) is 1. The van der Waals surface area contributed by atoms with Gasteiger partial charge in [0, 0.05) is 25.5 Å². The minimum atomic E-state index is -0.361. The third-order valence-corrected chi connectivity index (χ3v) is 2.63. The topological polar surface area (TPSA) is 72.9 Å². The molecule has 0 spiro atoms. The van der Waals surface area contributed by atoms with Gasteiger partial charge in [0.2, 0.25) is 5.91 Å². The quantitative estimate of drug-likeness (QED) is 0.661. The van der Waals surface area contributed by atoms with Gasteiger partial charge < -0.3 is 11.1 Å². The van der Waals surface area contributed by atoms with Crippen LogP contribution in [-0.2, 0) is 11.3 Å². The molecule has 0 radical (unpaired) electrons. The van der Waals surface area contributed by atoms with E-state index in [1.54, 1.807) is 6.20 Å². The highest BCUT2D eigenvalue weighted by Crippen LogP contribution is 1.98. The third kappa shape index (κ3) is 5.49. The molecule has 1 amide bonds. The Bertz CT molecular complexity index is 310. The summed E-state index contributed by atoms with van der Waals surface area (Å²) in [5.74, 6) is -0.0427. The molecule has 1 heterocycles. The summed E-state index contributed by atoms with van der Waals surface area (Å²) in [4.78, 5) is 11.6. The summed E-state index contributed by atoms with van der Waals surface area (Å²) in [5, 5.41) is 6.94. The van der Waals surface area contributed by atoms with Crippen molar-refractivity contribution in [3.63, 3.8) is 0 Å². The monoisotopic (exact) mass is 238 g/mol. The second-order valence-electron chi connectivity index (χ2n) is 4.16. The average Bonchev–Trinajstić information content (AvgIpc) is 2.84. The second-order valence-corrected chi connectivity index (χ2v) is 4.16. The summed E-state index contributed by atoms with van der Waals surface area (Å²) in [6.45, 7) is 3.56. The molecule has 0 saturated heterocycles. The first-order valence-corrected chi connectivity index (χ1v) is 6.24. The lowest BCUT2D eigenvalue weighted by molar-refractivity contribution is -0.122. The summed E-state index contributed by atoms with van der Waals surface area (Å²) >= 11 is 0. The van der Waals surface area contributed by atoms with Crippen LogP contribution in [0.4, 0.5) is 0 Å². The van der Waals surface area contributed by atoms with Crippen LogP contribution in [0.1, 0.15) is 32.6 Å². The van der Waals surface area contributed by atoms with E-state index >= 15 is 0 Å². The highest BCUT2D eigenvalue weighted by molar-refractivity contribution is 5.81. The fourth-order valence-corrected chi connectivity index (χ4v) is 1.57. The van der Waals surface area contributed by atoms with Gasteiger partial charge in [0.15, 0.2) is 0 Å². The Morgan fingerprint density at radius 1 is 1.53 bits per heavy atom. The molecule has 0 aliphatic heterocycles. The minimum Gasteiger partial charge on any atom is -0.355 e. The lowest BCUT2D eigenvalue weighted by Crippen LogP contribution is -2.41. The van der Waals surface area contributed by atoms with Crippen LogP contribution >= 0.6 is 0 Å².